The second kappa shape index (κ2) is 5.88. The third-order valence-corrected chi connectivity index (χ3v) is 4.94. The SMILES string of the molecule is Cc1nc2nc(-c3ccccc3)sc2cc1-c1cccc(C#N)c1. The molecule has 0 fully saturated rings. The summed E-state index contributed by atoms with van der Waals surface area (Å²) in [5.74, 6) is 0. The van der Waals surface area contributed by atoms with Crippen molar-refractivity contribution in [1.29, 1.82) is 5.26 Å². The molecule has 0 spiro atoms. The van der Waals surface area contributed by atoms with E-state index in [2.05, 4.69) is 34.2 Å². The molecule has 4 aromatic rings. The fourth-order valence-electron chi connectivity index (χ4n) is 2.71. The Morgan fingerprint density at radius 2 is 1.71 bits per heavy atom. The number of thiazole rings is 1. The predicted octanol–water partition coefficient (Wildman–Crippen LogP) is 5.21. The van der Waals surface area contributed by atoms with Gasteiger partial charge in [0.1, 0.15) is 5.01 Å². The van der Waals surface area contributed by atoms with Crippen LogP contribution in [0.3, 0.4) is 0 Å². The molecule has 0 N–H and O–H groups in total. The molecule has 114 valence electrons. The zero-order valence-corrected chi connectivity index (χ0v) is 13.8. The number of pyridine rings is 1. The minimum atomic E-state index is 0.654. The van der Waals surface area contributed by atoms with Crippen LogP contribution in [0, 0.1) is 18.3 Å². The van der Waals surface area contributed by atoms with Crippen LogP contribution in [-0.4, -0.2) is 9.97 Å². The van der Waals surface area contributed by atoms with E-state index in [1.165, 1.54) is 0 Å². The Morgan fingerprint density at radius 1 is 0.917 bits per heavy atom. The van der Waals surface area contributed by atoms with Crippen molar-refractivity contribution in [3.8, 4) is 27.8 Å². The molecule has 2 aromatic heterocycles. The number of aryl methyl sites for hydroxylation is 1. The van der Waals surface area contributed by atoms with Gasteiger partial charge in [0.25, 0.3) is 0 Å². The third-order valence-electron chi connectivity index (χ3n) is 3.90. The van der Waals surface area contributed by atoms with E-state index in [1.807, 2.05) is 49.4 Å². The van der Waals surface area contributed by atoms with E-state index in [0.717, 1.165) is 37.7 Å². The maximum atomic E-state index is 9.11. The van der Waals surface area contributed by atoms with Crippen LogP contribution in [0.4, 0.5) is 0 Å². The van der Waals surface area contributed by atoms with E-state index in [9.17, 15) is 0 Å². The molecule has 24 heavy (non-hydrogen) atoms. The summed E-state index contributed by atoms with van der Waals surface area (Å²) in [6.45, 7) is 1.98. The Hall–Kier alpha value is -3.03. The molecule has 0 unspecified atom stereocenters. The minimum absolute atomic E-state index is 0.654. The monoisotopic (exact) mass is 327 g/mol. The number of benzene rings is 2. The molecule has 0 bridgehead atoms. The lowest BCUT2D eigenvalue weighted by atomic mass is 10.0. The molecule has 2 aromatic carbocycles. The summed E-state index contributed by atoms with van der Waals surface area (Å²) in [5, 5.41) is 10.1. The molecular weight excluding hydrogens is 314 g/mol. The van der Waals surface area contributed by atoms with Crippen molar-refractivity contribution in [2.75, 3.05) is 0 Å². The fraction of sp³-hybridized carbons (Fsp3) is 0.0500. The lowest BCUT2D eigenvalue weighted by Gasteiger charge is -2.05. The van der Waals surface area contributed by atoms with Crippen molar-refractivity contribution in [3.63, 3.8) is 0 Å². The van der Waals surface area contributed by atoms with E-state index in [1.54, 1.807) is 11.3 Å². The van der Waals surface area contributed by atoms with E-state index in [-0.39, 0.29) is 0 Å². The van der Waals surface area contributed by atoms with Crippen molar-refractivity contribution in [2.45, 2.75) is 6.92 Å². The van der Waals surface area contributed by atoms with Gasteiger partial charge in [-0.2, -0.15) is 5.26 Å². The second-order valence-corrected chi connectivity index (χ2v) is 6.55. The summed E-state index contributed by atoms with van der Waals surface area (Å²) < 4.78 is 1.05. The molecule has 2 heterocycles. The van der Waals surface area contributed by atoms with E-state index in [0.29, 0.717) is 5.56 Å². The molecular formula is C20H13N3S. The molecule has 0 atom stereocenters. The third kappa shape index (κ3) is 2.55. The maximum absolute atomic E-state index is 9.11. The molecule has 0 aliphatic rings. The van der Waals surface area contributed by atoms with Gasteiger partial charge in [-0.3, -0.25) is 0 Å². The number of nitrogens with zero attached hydrogens (tertiary/aromatic N) is 3. The normalized spacial score (nSPS) is 10.7. The number of hydrogen-bond acceptors (Lipinski definition) is 4. The Morgan fingerprint density at radius 3 is 2.50 bits per heavy atom. The van der Waals surface area contributed by atoms with Crippen molar-refractivity contribution >= 4 is 21.7 Å². The topological polar surface area (TPSA) is 49.6 Å². The van der Waals surface area contributed by atoms with Crippen LogP contribution in [0.5, 0.6) is 0 Å². The highest BCUT2D eigenvalue weighted by atomic mass is 32.1. The first kappa shape index (κ1) is 14.6. The molecule has 0 radical (unpaired) electrons. The lowest BCUT2D eigenvalue weighted by Crippen LogP contribution is -1.89. The molecule has 0 saturated heterocycles. The Kier molecular flexibility index (Phi) is 3.56. The number of fused-ring (bicyclic) bond motifs is 1. The first-order chi connectivity index (χ1) is 11.7. The van der Waals surface area contributed by atoms with Crippen molar-refractivity contribution in [1.82, 2.24) is 9.97 Å². The van der Waals surface area contributed by atoms with Crippen LogP contribution in [0.25, 0.3) is 32.0 Å². The zero-order valence-electron chi connectivity index (χ0n) is 13.0. The minimum Gasteiger partial charge on any atom is -0.232 e. The van der Waals surface area contributed by atoms with Gasteiger partial charge in [-0.15, -0.1) is 11.3 Å². The van der Waals surface area contributed by atoms with Gasteiger partial charge in [0, 0.05) is 16.8 Å². The summed E-state index contributed by atoms with van der Waals surface area (Å²) in [6.07, 6.45) is 0. The Labute approximate surface area is 143 Å². The number of hydrogen-bond donors (Lipinski definition) is 0. The molecule has 4 rings (SSSR count). The standard InChI is InChI=1S/C20H13N3S/c1-13-17(16-9-5-6-14(10-16)12-21)11-18-19(22-13)23-20(24-18)15-7-3-2-4-8-15/h2-11H,1H3. The molecule has 0 aliphatic carbocycles. The zero-order chi connectivity index (χ0) is 16.5. The summed E-state index contributed by atoms with van der Waals surface area (Å²) in [6, 6.07) is 22.1. The van der Waals surface area contributed by atoms with Gasteiger partial charge in [0.2, 0.25) is 0 Å². The largest absolute Gasteiger partial charge is 0.232 e. The first-order valence-electron chi connectivity index (χ1n) is 7.59. The first-order valence-corrected chi connectivity index (χ1v) is 8.40. The fourth-order valence-corrected chi connectivity index (χ4v) is 3.66. The van der Waals surface area contributed by atoms with Crippen molar-refractivity contribution in [3.05, 3.63) is 71.9 Å². The summed E-state index contributed by atoms with van der Waals surface area (Å²) in [5.41, 5.74) is 5.50. The molecule has 4 heteroatoms. The number of nitriles is 1. The molecule has 0 aliphatic heterocycles. The van der Waals surface area contributed by atoms with Gasteiger partial charge >= 0.3 is 0 Å². The van der Waals surface area contributed by atoms with Gasteiger partial charge in [-0.1, -0.05) is 42.5 Å². The van der Waals surface area contributed by atoms with Gasteiger partial charge in [-0.05, 0) is 30.7 Å². The molecule has 0 amide bonds. The number of aromatic nitrogens is 2. The number of rotatable bonds is 2. The Bertz CT molecular complexity index is 1080. The van der Waals surface area contributed by atoms with Crippen LogP contribution in [0.2, 0.25) is 0 Å². The maximum Gasteiger partial charge on any atom is 0.171 e. The van der Waals surface area contributed by atoms with Crippen LogP contribution in [-0.2, 0) is 0 Å². The second-order valence-electron chi connectivity index (χ2n) is 5.52. The van der Waals surface area contributed by atoms with Crippen molar-refractivity contribution < 1.29 is 0 Å². The van der Waals surface area contributed by atoms with E-state index >= 15 is 0 Å². The quantitative estimate of drug-likeness (QED) is 0.508. The lowest BCUT2D eigenvalue weighted by molar-refractivity contribution is 1.22. The van der Waals surface area contributed by atoms with Gasteiger partial charge in [0.15, 0.2) is 5.65 Å². The average molecular weight is 327 g/mol. The predicted molar refractivity (Wildman–Crippen MR) is 97.7 cm³/mol. The van der Waals surface area contributed by atoms with E-state index < -0.39 is 0 Å². The summed E-state index contributed by atoms with van der Waals surface area (Å²) in [7, 11) is 0. The van der Waals surface area contributed by atoms with Gasteiger partial charge in [0.05, 0.1) is 16.3 Å². The average Bonchev–Trinajstić information content (AvgIpc) is 3.04. The molecule has 3 nitrogen and oxygen atoms in total. The summed E-state index contributed by atoms with van der Waals surface area (Å²) in [4.78, 5) is 9.34. The van der Waals surface area contributed by atoms with Crippen LogP contribution in [0.15, 0.2) is 60.7 Å². The van der Waals surface area contributed by atoms with Crippen molar-refractivity contribution in [2.24, 2.45) is 0 Å². The summed E-state index contributed by atoms with van der Waals surface area (Å²) >= 11 is 1.64. The molecule has 0 saturated carbocycles. The Balaban J connectivity index is 1.86. The van der Waals surface area contributed by atoms with Crippen LogP contribution >= 0.6 is 11.3 Å². The highest BCUT2D eigenvalue weighted by Crippen LogP contribution is 2.33. The smallest absolute Gasteiger partial charge is 0.171 e. The van der Waals surface area contributed by atoms with E-state index in [4.69, 9.17) is 5.26 Å². The van der Waals surface area contributed by atoms with Crippen LogP contribution < -0.4 is 0 Å². The highest BCUT2D eigenvalue weighted by molar-refractivity contribution is 7.21. The van der Waals surface area contributed by atoms with Gasteiger partial charge in [-0.25, -0.2) is 9.97 Å². The highest BCUT2D eigenvalue weighted by Gasteiger charge is 2.11. The van der Waals surface area contributed by atoms with Gasteiger partial charge < -0.3 is 0 Å². The van der Waals surface area contributed by atoms with Crippen LogP contribution in [0.1, 0.15) is 11.3 Å².